The van der Waals surface area contributed by atoms with Gasteiger partial charge < -0.3 is 89.0 Å². The Morgan fingerprint density at radius 3 is 0.600 bits per heavy atom. The number of carbonyl (C=O) groups excluding carboxylic acids is 8. The summed E-state index contributed by atoms with van der Waals surface area (Å²) in [5.74, 6) is -16.9. The number of hydrogen-bond acceptors (Lipinski definition) is 18. The van der Waals surface area contributed by atoms with Gasteiger partial charge in [0.2, 0.25) is 0 Å². The van der Waals surface area contributed by atoms with E-state index in [-0.39, 0.29) is 236 Å². The van der Waals surface area contributed by atoms with Crippen LogP contribution in [0.4, 0.5) is 22.7 Å². The van der Waals surface area contributed by atoms with Gasteiger partial charge in [0.25, 0.3) is 0 Å². The maximum atomic E-state index is 12.4. The van der Waals surface area contributed by atoms with Crippen molar-refractivity contribution < 1.29 is 316 Å². The third kappa shape index (κ3) is 16.0. The summed E-state index contributed by atoms with van der Waals surface area (Å²) in [6.45, 7) is -1.81. The van der Waals surface area contributed by atoms with E-state index >= 15 is 0 Å². The smallest absolute Gasteiger partial charge is 0.545 e. The van der Waals surface area contributed by atoms with Crippen molar-refractivity contribution in [1.82, 2.24) is 0 Å². The van der Waals surface area contributed by atoms with E-state index < -0.39 is 128 Å². The minimum absolute atomic E-state index is 0. The molecule has 266 valence electrons. The Kier molecular flexibility index (Phi) is 36.0. The SMILES string of the molecule is O=C([O-])c1cccc(N(CCN(c2cccc(C(=O)[O-])c2C(=O)[O-])c2cccc(C(=O)[O-])c2C(=O)[O-])c2cccc(C(=O)[O-])c2C(=O)[O-])c1C(=O)[O-].[Na+].[Na+].[Na+].[Na+].[Na+].[Na+].[Na+].[Na+]. The van der Waals surface area contributed by atoms with Gasteiger partial charge in [-0.05, 0) is 24.3 Å². The molecule has 0 atom stereocenters. The van der Waals surface area contributed by atoms with Crippen LogP contribution in [0.3, 0.4) is 0 Å². The molecule has 0 unspecified atom stereocenters. The van der Waals surface area contributed by atoms with Gasteiger partial charge in [0.15, 0.2) is 0 Å². The molecule has 60 heavy (non-hydrogen) atoms. The number of nitrogens with zero attached hydrogens (tertiary/aromatic N) is 2. The summed E-state index contributed by atoms with van der Waals surface area (Å²) in [7, 11) is 0. The van der Waals surface area contributed by atoms with E-state index in [9.17, 15) is 79.2 Å². The molecule has 0 aliphatic heterocycles. The Bertz CT molecular complexity index is 1940. The fourth-order valence-electron chi connectivity index (χ4n) is 5.54. The van der Waals surface area contributed by atoms with Crippen LogP contribution in [-0.2, 0) is 0 Å². The summed E-state index contributed by atoms with van der Waals surface area (Å²) in [4.78, 5) is 98.5. The van der Waals surface area contributed by atoms with E-state index in [0.717, 1.165) is 72.8 Å². The number of benzene rings is 4. The van der Waals surface area contributed by atoms with Crippen LogP contribution in [-0.4, -0.2) is 60.8 Å². The molecule has 0 radical (unpaired) electrons. The molecule has 4 aromatic carbocycles. The topological polar surface area (TPSA) is 328 Å². The molecule has 0 aliphatic rings. The summed E-state index contributed by atoms with van der Waals surface area (Å²) < 4.78 is 0. The molecule has 26 heteroatoms. The molecule has 18 nitrogen and oxygen atoms in total. The van der Waals surface area contributed by atoms with Crippen LogP contribution in [0.2, 0.25) is 0 Å². The van der Waals surface area contributed by atoms with Crippen LogP contribution in [0, 0.1) is 0 Å². The molecule has 4 rings (SSSR count). The molecule has 0 N–H and O–H groups in total. The van der Waals surface area contributed by atoms with Gasteiger partial charge in [-0.3, -0.25) is 0 Å². The first-order chi connectivity index (χ1) is 24.5. The van der Waals surface area contributed by atoms with Gasteiger partial charge in [-0.2, -0.15) is 0 Å². The molecule has 0 saturated carbocycles. The Morgan fingerprint density at radius 2 is 0.467 bits per heavy atom. The van der Waals surface area contributed by atoms with Crippen molar-refractivity contribution in [3.05, 3.63) is 117 Å². The zero-order valence-electron chi connectivity index (χ0n) is 33.8. The standard InChI is InChI=1S/C34H24N2O16.8Na/c37-27(38)15-5-1-9-19(23(15)31(45)46)35(20-10-2-6-16(28(39)40)24(20)32(47)48)13-14-36(21-11-3-7-17(29(41)42)25(21)33(49)50)22-12-4-8-18(30(43)44)26(22)34(51)52;;;;;;;;/h1-12H,13-14H2,(H,37,38)(H,39,40)(H,41,42)(H,43,44)(H,45,46)(H,47,48)(H,49,50)(H,51,52);;;;;;;;/q;8*+1/p-8. The molecule has 0 fully saturated rings. The van der Waals surface area contributed by atoms with Gasteiger partial charge in [0, 0.05) is 57.6 Å². The van der Waals surface area contributed by atoms with Gasteiger partial charge >= 0.3 is 236 Å². The summed E-state index contributed by atoms with van der Waals surface area (Å²) in [6, 6.07) is 10.8. The Morgan fingerprint density at radius 1 is 0.300 bits per heavy atom. The Labute approximate surface area is 517 Å². The number of carboxylic acid groups (broad SMARTS) is 8. The predicted molar refractivity (Wildman–Crippen MR) is 154 cm³/mol. The van der Waals surface area contributed by atoms with Crippen LogP contribution in [0.1, 0.15) is 82.9 Å². The van der Waals surface area contributed by atoms with Crippen molar-refractivity contribution in [3.8, 4) is 0 Å². The van der Waals surface area contributed by atoms with Gasteiger partial charge in [0.05, 0.1) is 70.5 Å². The average molecular weight is 892 g/mol. The quantitative estimate of drug-likeness (QED) is 0.100. The van der Waals surface area contributed by atoms with Crippen molar-refractivity contribution in [2.45, 2.75) is 0 Å². The number of aromatic carboxylic acids is 8. The maximum absolute atomic E-state index is 12.4. The summed E-state index contributed by atoms with van der Waals surface area (Å²) in [6.07, 6.45) is 0. The van der Waals surface area contributed by atoms with Crippen LogP contribution < -0.4 is 287 Å². The second-order valence-corrected chi connectivity index (χ2v) is 10.4. The van der Waals surface area contributed by atoms with E-state index in [4.69, 9.17) is 0 Å². The van der Waals surface area contributed by atoms with Crippen molar-refractivity contribution in [3.63, 3.8) is 0 Å². The monoisotopic (exact) mass is 892 g/mol. The number of rotatable bonds is 15. The van der Waals surface area contributed by atoms with E-state index in [0.29, 0.717) is 9.80 Å². The van der Waals surface area contributed by atoms with Crippen LogP contribution >= 0.6 is 0 Å². The minimum Gasteiger partial charge on any atom is -0.545 e. The van der Waals surface area contributed by atoms with E-state index in [1.54, 1.807) is 0 Å². The van der Waals surface area contributed by atoms with Gasteiger partial charge in [-0.25, -0.2) is 0 Å². The normalized spacial score (nSPS) is 9.13. The maximum Gasteiger partial charge on any atom is 1.00 e. The predicted octanol–water partition coefficient (Wildman–Crippen LogP) is -30.4. The van der Waals surface area contributed by atoms with Crippen LogP contribution in [0.15, 0.2) is 72.8 Å². The zero-order chi connectivity index (χ0) is 38.6. The van der Waals surface area contributed by atoms with E-state index in [2.05, 4.69) is 0 Å². The van der Waals surface area contributed by atoms with Gasteiger partial charge in [-0.15, -0.1) is 0 Å². The summed E-state index contributed by atoms with van der Waals surface area (Å²) in [5.41, 5.74) is -11.4. The fourth-order valence-corrected chi connectivity index (χ4v) is 5.54. The second-order valence-electron chi connectivity index (χ2n) is 10.4. The van der Waals surface area contributed by atoms with E-state index in [1.165, 1.54) is 0 Å². The molecule has 0 heterocycles. The third-order valence-corrected chi connectivity index (χ3v) is 7.58. The van der Waals surface area contributed by atoms with Crippen LogP contribution in [0.25, 0.3) is 0 Å². The number of hydrogen-bond donors (Lipinski definition) is 0. The Balaban J connectivity index is -0.00000126. The molecule has 0 amide bonds. The zero-order valence-corrected chi connectivity index (χ0v) is 49.8. The molecule has 0 bridgehead atoms. The molecule has 0 saturated heterocycles. The van der Waals surface area contributed by atoms with Crippen molar-refractivity contribution in [2.24, 2.45) is 0 Å². The molecular weight excluding hydrogens is 876 g/mol. The summed E-state index contributed by atoms with van der Waals surface area (Å²) >= 11 is 0. The number of carbonyl (C=O) groups is 8. The molecule has 4 aromatic rings. The number of anilines is 4. The first-order valence-corrected chi connectivity index (χ1v) is 14.3. The largest absolute Gasteiger partial charge is 1.00 e. The molecule has 0 spiro atoms. The van der Waals surface area contributed by atoms with Gasteiger partial charge in [-0.1, -0.05) is 48.5 Å². The summed E-state index contributed by atoms with van der Waals surface area (Å²) in [5, 5.41) is 97.1. The van der Waals surface area contributed by atoms with Crippen molar-refractivity contribution in [1.29, 1.82) is 0 Å². The third-order valence-electron chi connectivity index (χ3n) is 7.58. The molecule has 0 aromatic heterocycles. The van der Waals surface area contributed by atoms with Crippen molar-refractivity contribution in [2.75, 3.05) is 22.9 Å². The molecule has 0 aliphatic carbocycles. The first-order valence-electron chi connectivity index (χ1n) is 14.3. The second kappa shape index (κ2) is 31.2. The van der Waals surface area contributed by atoms with Gasteiger partial charge in [0.1, 0.15) is 0 Å². The average Bonchev–Trinajstić information content (AvgIpc) is 3.08. The van der Waals surface area contributed by atoms with Crippen molar-refractivity contribution >= 4 is 70.5 Å². The first kappa shape index (κ1) is 69.3. The van der Waals surface area contributed by atoms with Crippen LogP contribution in [0.5, 0.6) is 0 Å². The molecular formula is C34H16N2Na8O16. The minimum atomic E-state index is -2.16. The Hall–Kier alpha value is 0.240. The number of carboxylic acids is 8. The fraction of sp³-hybridized carbons (Fsp3) is 0.0588. The van der Waals surface area contributed by atoms with E-state index in [1.807, 2.05) is 0 Å².